The van der Waals surface area contributed by atoms with E-state index in [0.29, 0.717) is 5.56 Å². The molecule has 0 spiro atoms. The van der Waals surface area contributed by atoms with E-state index in [0.717, 1.165) is 15.5 Å². The zero-order valence-electron chi connectivity index (χ0n) is 14.1. The molecule has 7 heteroatoms. The zero-order chi connectivity index (χ0) is 19.1. The SMILES string of the molecule is O=C(NCc1ccc(OC(F)F)cc1)c1ccc(Sc2ccccn2)cc1. The lowest BCUT2D eigenvalue weighted by molar-refractivity contribution is -0.0498. The minimum atomic E-state index is -2.85. The third-order valence-electron chi connectivity index (χ3n) is 3.58. The number of carbonyl (C=O) groups excluding carboxylic acids is 1. The van der Waals surface area contributed by atoms with Gasteiger partial charge in [-0.15, -0.1) is 0 Å². The predicted octanol–water partition coefficient (Wildman–Crippen LogP) is 4.76. The van der Waals surface area contributed by atoms with E-state index in [1.54, 1.807) is 30.5 Å². The number of nitrogens with one attached hydrogen (secondary N) is 1. The molecule has 1 amide bonds. The summed E-state index contributed by atoms with van der Waals surface area (Å²) >= 11 is 1.52. The van der Waals surface area contributed by atoms with Crippen molar-refractivity contribution in [1.82, 2.24) is 10.3 Å². The molecule has 4 nitrogen and oxygen atoms in total. The van der Waals surface area contributed by atoms with Gasteiger partial charge in [0, 0.05) is 23.2 Å². The first-order valence-electron chi connectivity index (χ1n) is 8.11. The highest BCUT2D eigenvalue weighted by Gasteiger charge is 2.07. The highest BCUT2D eigenvalue weighted by atomic mass is 32.2. The predicted molar refractivity (Wildman–Crippen MR) is 99.0 cm³/mol. The molecule has 0 atom stereocenters. The summed E-state index contributed by atoms with van der Waals surface area (Å²) in [5.74, 6) is -0.127. The van der Waals surface area contributed by atoms with E-state index in [1.165, 1.54) is 23.9 Å². The van der Waals surface area contributed by atoms with Crippen molar-refractivity contribution in [3.63, 3.8) is 0 Å². The van der Waals surface area contributed by atoms with Crippen LogP contribution in [0.15, 0.2) is 82.8 Å². The number of carbonyl (C=O) groups is 1. The Kier molecular flexibility index (Phi) is 6.38. The van der Waals surface area contributed by atoms with Gasteiger partial charge in [-0.3, -0.25) is 4.79 Å². The van der Waals surface area contributed by atoms with Crippen LogP contribution >= 0.6 is 11.8 Å². The van der Waals surface area contributed by atoms with Crippen molar-refractivity contribution in [2.75, 3.05) is 0 Å². The molecular formula is C20H16F2N2O2S. The van der Waals surface area contributed by atoms with E-state index >= 15 is 0 Å². The lowest BCUT2D eigenvalue weighted by atomic mass is 10.2. The minimum absolute atomic E-state index is 0.0843. The lowest BCUT2D eigenvalue weighted by Crippen LogP contribution is -2.22. The number of hydrogen-bond donors (Lipinski definition) is 1. The van der Waals surface area contributed by atoms with Crippen LogP contribution in [0.3, 0.4) is 0 Å². The maximum Gasteiger partial charge on any atom is 0.387 e. The summed E-state index contributed by atoms with van der Waals surface area (Å²) in [6.07, 6.45) is 1.73. The molecule has 0 bridgehead atoms. The summed E-state index contributed by atoms with van der Waals surface area (Å²) in [6.45, 7) is -2.56. The summed E-state index contributed by atoms with van der Waals surface area (Å²) in [5.41, 5.74) is 1.32. The summed E-state index contributed by atoms with van der Waals surface area (Å²) in [5, 5.41) is 3.68. The topological polar surface area (TPSA) is 51.2 Å². The smallest absolute Gasteiger partial charge is 0.387 e. The molecular weight excluding hydrogens is 370 g/mol. The van der Waals surface area contributed by atoms with Crippen LogP contribution < -0.4 is 10.1 Å². The van der Waals surface area contributed by atoms with Gasteiger partial charge in [0.1, 0.15) is 10.8 Å². The largest absolute Gasteiger partial charge is 0.435 e. The molecule has 1 aromatic heterocycles. The first-order valence-corrected chi connectivity index (χ1v) is 8.93. The monoisotopic (exact) mass is 386 g/mol. The Hall–Kier alpha value is -2.93. The third kappa shape index (κ3) is 5.79. The van der Waals surface area contributed by atoms with Crippen molar-refractivity contribution in [3.05, 3.63) is 84.1 Å². The molecule has 3 rings (SSSR count). The first-order chi connectivity index (χ1) is 13.1. The molecule has 27 heavy (non-hydrogen) atoms. The number of amides is 1. The van der Waals surface area contributed by atoms with Crippen molar-refractivity contribution in [3.8, 4) is 5.75 Å². The molecule has 0 fully saturated rings. The van der Waals surface area contributed by atoms with Gasteiger partial charge in [0.25, 0.3) is 5.91 Å². The van der Waals surface area contributed by atoms with Crippen LogP contribution in [0.2, 0.25) is 0 Å². The van der Waals surface area contributed by atoms with Gasteiger partial charge in [0.2, 0.25) is 0 Å². The quantitative estimate of drug-likeness (QED) is 0.636. The number of hydrogen-bond acceptors (Lipinski definition) is 4. The average Bonchev–Trinajstić information content (AvgIpc) is 2.68. The van der Waals surface area contributed by atoms with E-state index in [-0.39, 0.29) is 18.2 Å². The summed E-state index contributed by atoms with van der Waals surface area (Å²) in [6, 6.07) is 19.1. The second-order valence-electron chi connectivity index (χ2n) is 5.50. The van der Waals surface area contributed by atoms with Crippen LogP contribution in [-0.4, -0.2) is 17.5 Å². The van der Waals surface area contributed by atoms with E-state index in [4.69, 9.17) is 0 Å². The second-order valence-corrected chi connectivity index (χ2v) is 6.59. The first kappa shape index (κ1) is 18.8. The maximum atomic E-state index is 12.2. The van der Waals surface area contributed by atoms with Gasteiger partial charge < -0.3 is 10.1 Å². The number of nitrogens with zero attached hydrogens (tertiary/aromatic N) is 1. The van der Waals surface area contributed by atoms with Crippen LogP contribution in [0.5, 0.6) is 5.75 Å². The Morgan fingerprint density at radius 3 is 2.41 bits per heavy atom. The second kappa shape index (κ2) is 9.14. The Labute approximate surface area is 159 Å². The van der Waals surface area contributed by atoms with Crippen molar-refractivity contribution in [1.29, 1.82) is 0 Å². The average molecular weight is 386 g/mol. The Bertz CT molecular complexity index is 873. The number of halogens is 2. The molecule has 0 aliphatic heterocycles. The van der Waals surface area contributed by atoms with E-state index in [2.05, 4.69) is 15.0 Å². The summed E-state index contributed by atoms with van der Waals surface area (Å²) in [7, 11) is 0. The molecule has 2 aromatic carbocycles. The summed E-state index contributed by atoms with van der Waals surface area (Å²) < 4.78 is 28.5. The fraction of sp³-hybridized carbons (Fsp3) is 0.100. The molecule has 0 saturated heterocycles. The van der Waals surface area contributed by atoms with Crippen molar-refractivity contribution in [2.24, 2.45) is 0 Å². The van der Waals surface area contributed by atoms with Gasteiger partial charge >= 0.3 is 6.61 Å². The van der Waals surface area contributed by atoms with Crippen molar-refractivity contribution < 1.29 is 18.3 Å². The van der Waals surface area contributed by atoms with Gasteiger partial charge in [0.05, 0.1) is 0 Å². The number of alkyl halides is 2. The molecule has 3 aromatic rings. The zero-order valence-corrected chi connectivity index (χ0v) is 15.0. The highest BCUT2D eigenvalue weighted by Crippen LogP contribution is 2.25. The van der Waals surface area contributed by atoms with Crippen LogP contribution in [0, 0.1) is 0 Å². The lowest BCUT2D eigenvalue weighted by Gasteiger charge is -2.08. The van der Waals surface area contributed by atoms with Gasteiger partial charge in [-0.05, 0) is 54.1 Å². The number of aromatic nitrogens is 1. The molecule has 0 aliphatic rings. The molecule has 0 aliphatic carbocycles. The van der Waals surface area contributed by atoms with Crippen LogP contribution in [-0.2, 0) is 6.54 Å². The molecule has 138 valence electrons. The van der Waals surface area contributed by atoms with Gasteiger partial charge in [0.15, 0.2) is 0 Å². The molecule has 1 heterocycles. The van der Waals surface area contributed by atoms with Crippen LogP contribution in [0.25, 0.3) is 0 Å². The Morgan fingerprint density at radius 1 is 1.04 bits per heavy atom. The molecule has 1 N–H and O–H groups in total. The normalized spacial score (nSPS) is 10.6. The van der Waals surface area contributed by atoms with E-state index in [9.17, 15) is 13.6 Å². The Balaban J connectivity index is 1.53. The van der Waals surface area contributed by atoms with Crippen LogP contribution in [0.1, 0.15) is 15.9 Å². The van der Waals surface area contributed by atoms with Crippen LogP contribution in [0.4, 0.5) is 8.78 Å². The third-order valence-corrected chi connectivity index (χ3v) is 4.54. The minimum Gasteiger partial charge on any atom is -0.435 e. The maximum absolute atomic E-state index is 12.2. The summed E-state index contributed by atoms with van der Waals surface area (Å²) in [4.78, 5) is 17.5. The van der Waals surface area contributed by atoms with E-state index < -0.39 is 6.61 Å². The van der Waals surface area contributed by atoms with E-state index in [1.807, 2.05) is 30.3 Å². The van der Waals surface area contributed by atoms with Crippen molar-refractivity contribution >= 4 is 17.7 Å². The number of benzene rings is 2. The molecule has 0 unspecified atom stereocenters. The number of pyridine rings is 1. The molecule has 0 radical (unpaired) electrons. The fourth-order valence-electron chi connectivity index (χ4n) is 2.28. The highest BCUT2D eigenvalue weighted by molar-refractivity contribution is 7.99. The Morgan fingerprint density at radius 2 is 1.78 bits per heavy atom. The van der Waals surface area contributed by atoms with Gasteiger partial charge in [-0.2, -0.15) is 8.78 Å². The van der Waals surface area contributed by atoms with Gasteiger partial charge in [-0.25, -0.2) is 4.98 Å². The van der Waals surface area contributed by atoms with Gasteiger partial charge in [-0.1, -0.05) is 30.0 Å². The fourth-order valence-corrected chi connectivity index (χ4v) is 3.05. The van der Waals surface area contributed by atoms with Crippen molar-refractivity contribution in [2.45, 2.75) is 23.1 Å². The standard InChI is InChI=1S/C20H16F2N2O2S/c21-20(22)26-16-8-4-14(5-9-16)13-24-19(25)15-6-10-17(11-7-15)27-18-3-1-2-12-23-18/h1-12,20H,13H2,(H,24,25). The number of rotatable bonds is 7. The molecule has 0 saturated carbocycles. The number of ether oxygens (including phenoxy) is 1.